The maximum Gasteiger partial charge on any atom is 0.326 e. The lowest BCUT2D eigenvalue weighted by Gasteiger charge is -2.11. The molecule has 4 N–H and O–H groups in total. The Morgan fingerprint density at radius 1 is 1.53 bits per heavy atom. The van der Waals surface area contributed by atoms with Crippen molar-refractivity contribution in [3.8, 4) is 0 Å². The van der Waals surface area contributed by atoms with Crippen molar-refractivity contribution < 1.29 is 14.7 Å². The van der Waals surface area contributed by atoms with Crippen LogP contribution in [0.15, 0.2) is 12.5 Å². The van der Waals surface area contributed by atoms with Crippen LogP contribution < -0.4 is 5.32 Å². The molecule has 2 aromatic heterocycles. The van der Waals surface area contributed by atoms with Crippen molar-refractivity contribution in [2.75, 3.05) is 0 Å². The zero-order chi connectivity index (χ0) is 13.8. The first-order chi connectivity index (χ1) is 9.06. The van der Waals surface area contributed by atoms with Crippen LogP contribution in [-0.2, 0) is 11.2 Å². The largest absolute Gasteiger partial charge is 0.480 e. The molecule has 0 bridgehead atoms. The van der Waals surface area contributed by atoms with Crippen LogP contribution in [0.1, 0.15) is 22.1 Å². The molecule has 9 nitrogen and oxygen atoms in total. The van der Waals surface area contributed by atoms with Crippen molar-refractivity contribution in [3.05, 3.63) is 29.9 Å². The van der Waals surface area contributed by atoms with E-state index in [0.717, 1.165) is 0 Å². The van der Waals surface area contributed by atoms with Crippen LogP contribution >= 0.6 is 0 Å². The summed E-state index contributed by atoms with van der Waals surface area (Å²) in [7, 11) is 0. The van der Waals surface area contributed by atoms with Gasteiger partial charge in [0.1, 0.15) is 11.9 Å². The Balaban J connectivity index is 2.04. The SMILES string of the molecule is Cc1nc(C(=O)N[C@@H](Cc2cnc[nH]2)C(=O)O)n[nH]1. The summed E-state index contributed by atoms with van der Waals surface area (Å²) in [5.74, 6) is -1.40. The Hall–Kier alpha value is -2.71. The minimum absolute atomic E-state index is 0.0895. The summed E-state index contributed by atoms with van der Waals surface area (Å²) >= 11 is 0. The summed E-state index contributed by atoms with van der Waals surface area (Å²) in [5, 5.41) is 17.6. The van der Waals surface area contributed by atoms with E-state index in [1.807, 2.05) is 0 Å². The van der Waals surface area contributed by atoms with Crippen LogP contribution in [0, 0.1) is 6.92 Å². The highest BCUT2D eigenvalue weighted by Gasteiger charge is 2.23. The van der Waals surface area contributed by atoms with Gasteiger partial charge >= 0.3 is 5.97 Å². The van der Waals surface area contributed by atoms with Gasteiger partial charge in [-0.25, -0.2) is 14.8 Å². The van der Waals surface area contributed by atoms with E-state index in [1.54, 1.807) is 6.92 Å². The number of H-pyrrole nitrogens is 2. The molecule has 0 fully saturated rings. The second kappa shape index (κ2) is 5.29. The van der Waals surface area contributed by atoms with Gasteiger partial charge in [-0.1, -0.05) is 0 Å². The molecule has 9 heteroatoms. The second-order valence-corrected chi connectivity index (χ2v) is 3.89. The Labute approximate surface area is 107 Å². The molecule has 0 saturated carbocycles. The fraction of sp³-hybridized carbons (Fsp3) is 0.300. The van der Waals surface area contributed by atoms with Crippen molar-refractivity contribution in [1.82, 2.24) is 30.5 Å². The van der Waals surface area contributed by atoms with Crippen LogP contribution in [0.2, 0.25) is 0 Å². The minimum Gasteiger partial charge on any atom is -0.480 e. The third-order valence-corrected chi connectivity index (χ3v) is 2.38. The summed E-state index contributed by atoms with van der Waals surface area (Å²) < 4.78 is 0. The van der Waals surface area contributed by atoms with E-state index >= 15 is 0 Å². The Morgan fingerprint density at radius 2 is 2.32 bits per heavy atom. The standard InChI is InChI=1S/C10H12N6O3/c1-5-13-8(16-15-5)9(17)14-7(10(18)19)2-6-3-11-4-12-6/h3-4,7H,2H2,1H3,(H,11,12)(H,14,17)(H,18,19)(H,13,15,16)/t7-/m0/s1. The lowest BCUT2D eigenvalue weighted by atomic mass is 10.1. The van der Waals surface area contributed by atoms with Gasteiger partial charge in [-0.15, -0.1) is 5.10 Å². The van der Waals surface area contributed by atoms with Gasteiger partial charge in [0.15, 0.2) is 0 Å². The van der Waals surface area contributed by atoms with Gasteiger partial charge in [0.05, 0.1) is 6.33 Å². The zero-order valence-corrected chi connectivity index (χ0v) is 10.0. The van der Waals surface area contributed by atoms with Crippen molar-refractivity contribution >= 4 is 11.9 Å². The highest BCUT2D eigenvalue weighted by Crippen LogP contribution is 2.00. The highest BCUT2D eigenvalue weighted by molar-refractivity contribution is 5.93. The first-order valence-electron chi connectivity index (χ1n) is 5.46. The number of nitrogens with zero attached hydrogens (tertiary/aromatic N) is 3. The average molecular weight is 264 g/mol. The van der Waals surface area contributed by atoms with Crippen molar-refractivity contribution in [2.45, 2.75) is 19.4 Å². The number of carboxylic acids is 1. The monoisotopic (exact) mass is 264 g/mol. The fourth-order valence-electron chi connectivity index (χ4n) is 1.48. The van der Waals surface area contributed by atoms with E-state index in [9.17, 15) is 9.59 Å². The van der Waals surface area contributed by atoms with Gasteiger partial charge in [0.2, 0.25) is 5.82 Å². The lowest BCUT2D eigenvalue weighted by Crippen LogP contribution is -2.42. The Morgan fingerprint density at radius 3 is 2.84 bits per heavy atom. The normalized spacial score (nSPS) is 12.1. The molecule has 0 aliphatic carbocycles. The molecule has 19 heavy (non-hydrogen) atoms. The molecule has 0 radical (unpaired) electrons. The summed E-state index contributed by atoms with van der Waals surface area (Å²) in [6.07, 6.45) is 3.04. The zero-order valence-electron chi connectivity index (χ0n) is 10.0. The van der Waals surface area contributed by atoms with Gasteiger partial charge in [0, 0.05) is 18.3 Å². The summed E-state index contributed by atoms with van der Waals surface area (Å²) in [6, 6.07) is -1.08. The van der Waals surface area contributed by atoms with Crippen LogP contribution in [0.25, 0.3) is 0 Å². The van der Waals surface area contributed by atoms with E-state index < -0.39 is 17.9 Å². The molecular formula is C10H12N6O3. The van der Waals surface area contributed by atoms with Crippen LogP contribution in [-0.4, -0.2) is 48.2 Å². The van der Waals surface area contributed by atoms with Crippen molar-refractivity contribution in [1.29, 1.82) is 0 Å². The molecule has 0 spiro atoms. The molecular weight excluding hydrogens is 252 g/mol. The number of imidazole rings is 1. The van der Waals surface area contributed by atoms with E-state index in [-0.39, 0.29) is 12.2 Å². The molecule has 2 aromatic rings. The quantitative estimate of drug-likeness (QED) is 0.561. The first kappa shape index (κ1) is 12.7. The first-order valence-corrected chi connectivity index (χ1v) is 5.46. The third kappa shape index (κ3) is 3.15. The van der Waals surface area contributed by atoms with Gasteiger partial charge in [-0.2, -0.15) is 0 Å². The molecule has 2 heterocycles. The number of aryl methyl sites for hydroxylation is 1. The average Bonchev–Trinajstić information content (AvgIpc) is 2.99. The maximum absolute atomic E-state index is 11.8. The van der Waals surface area contributed by atoms with Gasteiger partial charge in [-0.05, 0) is 6.92 Å². The number of aromatic nitrogens is 5. The number of hydrogen-bond acceptors (Lipinski definition) is 5. The molecule has 1 atom stereocenters. The molecule has 2 rings (SSSR count). The second-order valence-electron chi connectivity index (χ2n) is 3.89. The van der Waals surface area contributed by atoms with Crippen LogP contribution in [0.5, 0.6) is 0 Å². The molecule has 0 aliphatic rings. The highest BCUT2D eigenvalue weighted by atomic mass is 16.4. The lowest BCUT2D eigenvalue weighted by molar-refractivity contribution is -0.139. The fourth-order valence-corrected chi connectivity index (χ4v) is 1.48. The van der Waals surface area contributed by atoms with E-state index in [0.29, 0.717) is 11.5 Å². The third-order valence-electron chi connectivity index (χ3n) is 2.38. The number of carbonyl (C=O) groups excluding carboxylic acids is 1. The number of aliphatic carboxylic acids is 1. The van der Waals surface area contributed by atoms with Gasteiger partial charge in [-0.3, -0.25) is 9.89 Å². The summed E-state index contributed by atoms with van der Waals surface area (Å²) in [4.78, 5) is 33.2. The van der Waals surface area contributed by atoms with Crippen LogP contribution in [0.3, 0.4) is 0 Å². The maximum atomic E-state index is 11.8. The molecule has 0 unspecified atom stereocenters. The smallest absolute Gasteiger partial charge is 0.326 e. The molecule has 100 valence electrons. The molecule has 0 aromatic carbocycles. The van der Waals surface area contributed by atoms with Gasteiger partial charge < -0.3 is 15.4 Å². The topological polar surface area (TPSA) is 137 Å². The summed E-state index contributed by atoms with van der Waals surface area (Å²) in [6.45, 7) is 1.64. The number of hydrogen-bond donors (Lipinski definition) is 4. The van der Waals surface area contributed by atoms with Crippen LogP contribution in [0.4, 0.5) is 0 Å². The number of aromatic amines is 2. The minimum atomic E-state index is -1.14. The van der Waals surface area contributed by atoms with E-state index in [1.165, 1.54) is 12.5 Å². The number of nitrogens with one attached hydrogen (secondary N) is 3. The van der Waals surface area contributed by atoms with E-state index in [4.69, 9.17) is 5.11 Å². The predicted molar refractivity (Wildman–Crippen MR) is 62.3 cm³/mol. The Kier molecular flexibility index (Phi) is 3.55. The van der Waals surface area contributed by atoms with Crippen molar-refractivity contribution in [3.63, 3.8) is 0 Å². The van der Waals surface area contributed by atoms with Crippen molar-refractivity contribution in [2.24, 2.45) is 0 Å². The van der Waals surface area contributed by atoms with Gasteiger partial charge in [0.25, 0.3) is 5.91 Å². The summed E-state index contributed by atoms with van der Waals surface area (Å²) in [5.41, 5.74) is 0.610. The number of carboxylic acid groups (broad SMARTS) is 1. The Bertz CT molecular complexity index is 576. The molecule has 0 aliphatic heterocycles. The molecule has 0 saturated heterocycles. The predicted octanol–water partition coefficient (Wildman–Crippen LogP) is -0.738. The number of carbonyl (C=O) groups is 2. The number of amides is 1. The van der Waals surface area contributed by atoms with E-state index in [2.05, 4.69) is 30.5 Å². The molecule has 1 amide bonds. The number of rotatable bonds is 5.